The lowest BCUT2D eigenvalue weighted by Crippen LogP contribution is -2.34. The van der Waals surface area contributed by atoms with Crippen molar-refractivity contribution in [1.29, 1.82) is 5.26 Å². The fourth-order valence-electron chi connectivity index (χ4n) is 3.84. The molecule has 0 spiro atoms. The van der Waals surface area contributed by atoms with Gasteiger partial charge in [0.15, 0.2) is 0 Å². The molecular formula is C23H20ClFN10. The first-order chi connectivity index (χ1) is 16.9. The van der Waals surface area contributed by atoms with Gasteiger partial charge in [0.2, 0.25) is 0 Å². The van der Waals surface area contributed by atoms with E-state index in [1.807, 2.05) is 19.2 Å². The molecule has 0 radical (unpaired) electrons. The SMILES string of the molecule is Cc1ncc(Nc2c(C#N)cnc3c(Cl)cc(N[C@H](C4=CNNN4)c4ccnn4C)cc23)cc1F. The molecule has 0 unspecified atom stereocenters. The number of aryl methyl sites for hydroxylation is 2. The number of rotatable bonds is 6. The Hall–Kier alpha value is -4.40. The lowest BCUT2D eigenvalue weighted by atomic mass is 10.1. The van der Waals surface area contributed by atoms with Crippen LogP contribution in [0.25, 0.3) is 10.9 Å². The molecule has 1 aromatic carbocycles. The number of halogens is 2. The Labute approximate surface area is 204 Å². The summed E-state index contributed by atoms with van der Waals surface area (Å²) in [4.78, 5) is 8.44. The third kappa shape index (κ3) is 4.28. The van der Waals surface area contributed by atoms with Crippen LogP contribution in [0, 0.1) is 24.1 Å². The Morgan fingerprint density at radius 3 is 2.74 bits per heavy atom. The number of hydrogen-bond donors (Lipinski definition) is 5. The molecule has 4 heterocycles. The smallest absolute Gasteiger partial charge is 0.146 e. The molecule has 0 fully saturated rings. The van der Waals surface area contributed by atoms with Crippen molar-refractivity contribution in [3.05, 3.63) is 82.5 Å². The second kappa shape index (κ2) is 9.09. The number of hydrogen-bond acceptors (Lipinski definition) is 9. The van der Waals surface area contributed by atoms with E-state index < -0.39 is 5.82 Å². The number of anilines is 3. The maximum atomic E-state index is 14.1. The lowest BCUT2D eigenvalue weighted by molar-refractivity contribution is 0.573. The molecule has 0 bridgehead atoms. The maximum absolute atomic E-state index is 14.1. The maximum Gasteiger partial charge on any atom is 0.146 e. The summed E-state index contributed by atoms with van der Waals surface area (Å²) in [6.45, 7) is 1.58. The molecule has 0 saturated heterocycles. The molecule has 12 heteroatoms. The highest BCUT2D eigenvalue weighted by Gasteiger charge is 2.23. The molecule has 5 rings (SSSR count). The number of benzene rings is 1. The van der Waals surface area contributed by atoms with Gasteiger partial charge in [0.25, 0.3) is 0 Å². The van der Waals surface area contributed by atoms with Crippen LogP contribution in [-0.2, 0) is 7.05 Å². The molecule has 4 aromatic rings. The number of fused-ring (bicyclic) bond motifs is 1. The Kier molecular flexibility index (Phi) is 5.82. The van der Waals surface area contributed by atoms with Gasteiger partial charge in [-0.15, -0.1) is 0 Å². The zero-order valence-electron chi connectivity index (χ0n) is 18.7. The molecule has 0 aliphatic carbocycles. The normalized spacial score (nSPS) is 13.5. The number of hydrazine groups is 2. The minimum absolute atomic E-state index is 0.281. The van der Waals surface area contributed by atoms with Crippen molar-refractivity contribution in [2.24, 2.45) is 7.05 Å². The van der Waals surface area contributed by atoms with E-state index in [1.54, 1.807) is 30.1 Å². The van der Waals surface area contributed by atoms with Gasteiger partial charge in [0.1, 0.15) is 17.9 Å². The van der Waals surface area contributed by atoms with Crippen LogP contribution < -0.4 is 27.0 Å². The highest BCUT2D eigenvalue weighted by molar-refractivity contribution is 6.36. The van der Waals surface area contributed by atoms with Crippen molar-refractivity contribution in [3.8, 4) is 6.07 Å². The van der Waals surface area contributed by atoms with Crippen LogP contribution >= 0.6 is 11.6 Å². The third-order valence-electron chi connectivity index (χ3n) is 5.62. The molecule has 0 amide bonds. The second-order valence-electron chi connectivity index (χ2n) is 7.88. The van der Waals surface area contributed by atoms with Crippen molar-refractivity contribution in [2.75, 3.05) is 10.6 Å². The van der Waals surface area contributed by atoms with E-state index in [2.05, 4.69) is 48.2 Å². The average Bonchev–Trinajstić information content (AvgIpc) is 3.52. The van der Waals surface area contributed by atoms with Crippen LogP contribution in [0.15, 0.2) is 54.8 Å². The van der Waals surface area contributed by atoms with Gasteiger partial charge in [-0.2, -0.15) is 15.9 Å². The second-order valence-corrected chi connectivity index (χ2v) is 8.29. The van der Waals surface area contributed by atoms with E-state index in [1.165, 1.54) is 18.5 Å². The van der Waals surface area contributed by atoms with Crippen LogP contribution in [0.2, 0.25) is 5.02 Å². The van der Waals surface area contributed by atoms with Gasteiger partial charge < -0.3 is 21.5 Å². The van der Waals surface area contributed by atoms with Gasteiger partial charge in [-0.3, -0.25) is 14.6 Å². The molecule has 10 nitrogen and oxygen atoms in total. The highest BCUT2D eigenvalue weighted by Crippen LogP contribution is 2.36. The van der Waals surface area contributed by atoms with Crippen LogP contribution in [-0.4, -0.2) is 19.7 Å². The Balaban J connectivity index is 1.60. The van der Waals surface area contributed by atoms with E-state index in [0.29, 0.717) is 33.0 Å². The van der Waals surface area contributed by atoms with Gasteiger partial charge >= 0.3 is 0 Å². The van der Waals surface area contributed by atoms with Crippen molar-refractivity contribution < 1.29 is 4.39 Å². The van der Waals surface area contributed by atoms with Gasteiger partial charge in [-0.05, 0) is 25.1 Å². The van der Waals surface area contributed by atoms with Crippen molar-refractivity contribution in [3.63, 3.8) is 0 Å². The number of aromatic nitrogens is 4. The molecule has 1 aliphatic rings. The van der Waals surface area contributed by atoms with Crippen molar-refractivity contribution in [1.82, 2.24) is 36.1 Å². The Morgan fingerprint density at radius 2 is 2.06 bits per heavy atom. The largest absolute Gasteiger partial charge is 0.371 e. The van der Waals surface area contributed by atoms with E-state index in [0.717, 1.165) is 11.4 Å². The number of pyridine rings is 2. The van der Waals surface area contributed by atoms with Gasteiger partial charge in [0, 0.05) is 42.8 Å². The first kappa shape index (κ1) is 22.4. The molecule has 0 saturated carbocycles. The summed E-state index contributed by atoms with van der Waals surface area (Å²) < 4.78 is 15.9. The van der Waals surface area contributed by atoms with Crippen molar-refractivity contribution in [2.45, 2.75) is 13.0 Å². The summed E-state index contributed by atoms with van der Waals surface area (Å²) in [5.74, 6) is -0.453. The Morgan fingerprint density at radius 1 is 1.20 bits per heavy atom. The Bertz CT molecular complexity index is 1510. The fourth-order valence-corrected chi connectivity index (χ4v) is 4.11. The number of nitrogens with one attached hydrogen (secondary N) is 5. The summed E-state index contributed by atoms with van der Waals surface area (Å²) in [5.41, 5.74) is 13.1. The number of nitriles is 1. The summed E-state index contributed by atoms with van der Waals surface area (Å²) in [6, 6.07) is 8.67. The van der Waals surface area contributed by atoms with Gasteiger partial charge in [-0.1, -0.05) is 11.6 Å². The first-order valence-corrected chi connectivity index (χ1v) is 10.9. The topological polar surface area (TPSA) is 128 Å². The third-order valence-corrected chi connectivity index (χ3v) is 5.91. The van der Waals surface area contributed by atoms with E-state index in [9.17, 15) is 9.65 Å². The van der Waals surface area contributed by atoms with E-state index >= 15 is 0 Å². The molecule has 35 heavy (non-hydrogen) atoms. The zero-order valence-corrected chi connectivity index (χ0v) is 19.4. The highest BCUT2D eigenvalue weighted by atomic mass is 35.5. The predicted octanol–water partition coefficient (Wildman–Crippen LogP) is 3.69. The van der Waals surface area contributed by atoms with Gasteiger partial charge in [-0.25, -0.2) is 4.39 Å². The van der Waals surface area contributed by atoms with Crippen molar-refractivity contribution >= 4 is 39.6 Å². The predicted molar refractivity (Wildman–Crippen MR) is 131 cm³/mol. The molecule has 176 valence electrons. The molecule has 3 aromatic heterocycles. The van der Waals surface area contributed by atoms with E-state index in [4.69, 9.17) is 11.6 Å². The van der Waals surface area contributed by atoms with Crippen LogP contribution in [0.5, 0.6) is 0 Å². The molecule has 5 N–H and O–H groups in total. The molecule has 1 aliphatic heterocycles. The number of nitrogens with zero attached hydrogens (tertiary/aromatic N) is 5. The minimum Gasteiger partial charge on any atom is -0.371 e. The molecular weight excluding hydrogens is 471 g/mol. The fraction of sp³-hybridized carbons (Fsp3) is 0.130. The zero-order chi connectivity index (χ0) is 24.5. The standard InChI is InChI=1S/C23H20ClFN10/c1-12-18(25)7-15(10-27-12)32-21-13(8-26)9-28-22-16(21)5-14(6-17(22)24)31-23(19-11-29-34-33-19)20-3-4-30-35(20)2/h3-7,9-11,23,29,31,33-34H,1-2H3,(H,28,32)/t23-/m1/s1. The average molecular weight is 491 g/mol. The van der Waals surface area contributed by atoms with Gasteiger partial charge in [0.05, 0.1) is 50.8 Å². The van der Waals surface area contributed by atoms with E-state index in [-0.39, 0.29) is 17.3 Å². The lowest BCUT2D eigenvalue weighted by Gasteiger charge is -2.22. The van der Waals surface area contributed by atoms with Crippen LogP contribution in [0.4, 0.5) is 21.5 Å². The summed E-state index contributed by atoms with van der Waals surface area (Å²) in [7, 11) is 1.85. The van der Waals surface area contributed by atoms with Crippen LogP contribution in [0.1, 0.15) is 23.0 Å². The van der Waals surface area contributed by atoms with Crippen LogP contribution in [0.3, 0.4) is 0 Å². The first-order valence-electron chi connectivity index (χ1n) is 10.6. The summed E-state index contributed by atoms with van der Waals surface area (Å²) in [6.07, 6.45) is 6.46. The summed E-state index contributed by atoms with van der Waals surface area (Å²) >= 11 is 6.62. The summed E-state index contributed by atoms with van der Waals surface area (Å²) in [5, 5.41) is 21.6. The molecule has 1 atom stereocenters. The monoisotopic (exact) mass is 490 g/mol. The minimum atomic E-state index is -0.453. The quantitative estimate of drug-likeness (QED) is 0.275.